The van der Waals surface area contributed by atoms with Gasteiger partial charge in [0.05, 0.1) is 12.7 Å². The van der Waals surface area contributed by atoms with Crippen molar-refractivity contribution in [3.63, 3.8) is 0 Å². The van der Waals surface area contributed by atoms with Crippen molar-refractivity contribution < 1.29 is 9.53 Å². The molecule has 0 saturated heterocycles. The van der Waals surface area contributed by atoms with E-state index >= 15 is 0 Å². The van der Waals surface area contributed by atoms with Crippen LogP contribution in [-0.2, 0) is 4.74 Å². The molecule has 0 bridgehead atoms. The highest BCUT2D eigenvalue weighted by atomic mass is 35.5. The van der Waals surface area contributed by atoms with Gasteiger partial charge in [0.1, 0.15) is 5.69 Å². The number of nitriles is 1. The zero-order valence-electron chi connectivity index (χ0n) is 11.3. The van der Waals surface area contributed by atoms with Crippen molar-refractivity contribution in [2.75, 3.05) is 31.6 Å². The number of aromatic amines is 1. The van der Waals surface area contributed by atoms with Gasteiger partial charge in [-0.1, -0.05) is 0 Å². The molecule has 0 spiro atoms. The molecule has 0 aromatic carbocycles. The molecule has 0 aliphatic carbocycles. The third-order valence-corrected chi connectivity index (χ3v) is 2.57. The SMILES string of the molecule is CCOCCNC(=O)c1[nH]c(Cl)nc1NCCCC#N. The molecule has 8 heteroatoms. The highest BCUT2D eigenvalue weighted by molar-refractivity contribution is 6.28. The minimum absolute atomic E-state index is 0.141. The van der Waals surface area contributed by atoms with E-state index in [-0.39, 0.29) is 16.9 Å². The van der Waals surface area contributed by atoms with Crippen molar-refractivity contribution in [3.8, 4) is 6.07 Å². The summed E-state index contributed by atoms with van der Waals surface area (Å²) >= 11 is 5.77. The number of ether oxygens (including phenoxy) is 1. The van der Waals surface area contributed by atoms with Crippen molar-refractivity contribution in [1.82, 2.24) is 15.3 Å². The molecule has 0 aliphatic rings. The molecule has 0 atom stereocenters. The molecule has 0 fully saturated rings. The minimum atomic E-state index is -0.299. The van der Waals surface area contributed by atoms with Gasteiger partial charge in [-0.25, -0.2) is 4.98 Å². The predicted molar refractivity (Wildman–Crippen MR) is 75.8 cm³/mol. The Kier molecular flexibility index (Phi) is 7.47. The van der Waals surface area contributed by atoms with E-state index in [4.69, 9.17) is 21.6 Å². The van der Waals surface area contributed by atoms with E-state index in [2.05, 4.69) is 20.6 Å². The Morgan fingerprint density at radius 1 is 1.55 bits per heavy atom. The van der Waals surface area contributed by atoms with Crippen molar-refractivity contribution in [3.05, 3.63) is 11.0 Å². The normalized spacial score (nSPS) is 10.1. The zero-order chi connectivity index (χ0) is 14.8. The number of imidazole rings is 1. The van der Waals surface area contributed by atoms with Crippen molar-refractivity contribution in [1.29, 1.82) is 5.26 Å². The zero-order valence-corrected chi connectivity index (χ0v) is 12.1. The van der Waals surface area contributed by atoms with Crippen molar-refractivity contribution in [2.24, 2.45) is 0 Å². The van der Waals surface area contributed by atoms with Crippen LogP contribution >= 0.6 is 11.6 Å². The Morgan fingerprint density at radius 2 is 2.35 bits per heavy atom. The van der Waals surface area contributed by atoms with Crippen LogP contribution in [0.4, 0.5) is 5.82 Å². The summed E-state index contributed by atoms with van der Waals surface area (Å²) in [6.07, 6.45) is 1.12. The summed E-state index contributed by atoms with van der Waals surface area (Å²) in [7, 11) is 0. The van der Waals surface area contributed by atoms with Crippen LogP contribution in [0.2, 0.25) is 5.28 Å². The molecule has 0 saturated carbocycles. The number of H-pyrrole nitrogens is 1. The van der Waals surface area contributed by atoms with Gasteiger partial charge >= 0.3 is 0 Å². The summed E-state index contributed by atoms with van der Waals surface area (Å²) in [6.45, 7) is 3.91. The van der Waals surface area contributed by atoms with Crippen LogP contribution in [0.1, 0.15) is 30.3 Å². The van der Waals surface area contributed by atoms with Gasteiger partial charge in [-0.05, 0) is 24.9 Å². The Hall–Kier alpha value is -1.78. The third-order valence-electron chi connectivity index (χ3n) is 2.40. The number of nitrogens with zero attached hydrogens (tertiary/aromatic N) is 2. The summed E-state index contributed by atoms with van der Waals surface area (Å²) in [5.74, 6) is 0.0914. The van der Waals surface area contributed by atoms with Gasteiger partial charge in [0.15, 0.2) is 5.82 Å². The molecule has 1 heterocycles. The number of hydrogen-bond acceptors (Lipinski definition) is 5. The molecule has 20 heavy (non-hydrogen) atoms. The maximum absolute atomic E-state index is 11.9. The van der Waals surface area contributed by atoms with E-state index in [0.29, 0.717) is 45.0 Å². The van der Waals surface area contributed by atoms with Gasteiger partial charge in [-0.3, -0.25) is 4.79 Å². The van der Waals surface area contributed by atoms with Crippen LogP contribution < -0.4 is 10.6 Å². The van der Waals surface area contributed by atoms with Gasteiger partial charge in [0.2, 0.25) is 5.28 Å². The Balaban J connectivity index is 2.51. The maximum Gasteiger partial charge on any atom is 0.271 e. The lowest BCUT2D eigenvalue weighted by atomic mass is 10.3. The first kappa shape index (κ1) is 16.3. The topological polar surface area (TPSA) is 103 Å². The average Bonchev–Trinajstić information content (AvgIpc) is 2.81. The summed E-state index contributed by atoms with van der Waals surface area (Å²) < 4.78 is 5.13. The van der Waals surface area contributed by atoms with Gasteiger partial charge in [0, 0.05) is 26.1 Å². The molecular formula is C12H18ClN5O2. The number of hydrogen-bond donors (Lipinski definition) is 3. The Morgan fingerprint density at radius 3 is 3.05 bits per heavy atom. The number of anilines is 1. The number of rotatable bonds is 9. The van der Waals surface area contributed by atoms with E-state index in [1.807, 2.05) is 13.0 Å². The number of nitrogens with one attached hydrogen (secondary N) is 3. The van der Waals surface area contributed by atoms with E-state index in [0.717, 1.165) is 0 Å². The summed E-state index contributed by atoms with van der Waals surface area (Å²) in [6, 6.07) is 2.05. The number of halogens is 1. The first-order chi connectivity index (χ1) is 9.69. The molecule has 1 aromatic heterocycles. The average molecular weight is 300 g/mol. The number of aromatic nitrogens is 2. The molecule has 0 radical (unpaired) electrons. The monoisotopic (exact) mass is 299 g/mol. The van der Waals surface area contributed by atoms with Gasteiger partial charge in [-0.15, -0.1) is 0 Å². The molecule has 3 N–H and O–H groups in total. The van der Waals surface area contributed by atoms with E-state index in [9.17, 15) is 4.79 Å². The summed E-state index contributed by atoms with van der Waals surface area (Å²) in [5, 5.41) is 14.3. The number of carbonyl (C=O) groups is 1. The molecule has 1 amide bonds. The lowest BCUT2D eigenvalue weighted by Gasteiger charge is -2.06. The lowest BCUT2D eigenvalue weighted by molar-refractivity contribution is 0.0919. The van der Waals surface area contributed by atoms with Gasteiger partial charge < -0.3 is 20.4 Å². The second kappa shape index (κ2) is 9.18. The van der Waals surface area contributed by atoms with Crippen LogP contribution in [0.3, 0.4) is 0 Å². The fourth-order valence-corrected chi connectivity index (χ4v) is 1.66. The smallest absolute Gasteiger partial charge is 0.271 e. The quantitative estimate of drug-likeness (QED) is 0.600. The maximum atomic E-state index is 11.9. The van der Waals surface area contributed by atoms with E-state index < -0.39 is 0 Å². The molecule has 110 valence electrons. The highest BCUT2D eigenvalue weighted by Crippen LogP contribution is 2.15. The van der Waals surface area contributed by atoms with Crippen molar-refractivity contribution in [2.45, 2.75) is 19.8 Å². The predicted octanol–water partition coefficient (Wildman–Crippen LogP) is 1.55. The van der Waals surface area contributed by atoms with Crippen LogP contribution in [-0.4, -0.2) is 42.2 Å². The number of carbonyl (C=O) groups excluding carboxylic acids is 1. The van der Waals surface area contributed by atoms with Crippen LogP contribution in [0, 0.1) is 11.3 Å². The second-order valence-electron chi connectivity index (χ2n) is 3.89. The largest absolute Gasteiger partial charge is 0.380 e. The second-order valence-corrected chi connectivity index (χ2v) is 4.25. The molecule has 1 rings (SSSR count). The summed E-state index contributed by atoms with van der Waals surface area (Å²) in [5.41, 5.74) is 0.281. The molecule has 0 unspecified atom stereocenters. The van der Waals surface area contributed by atoms with Crippen LogP contribution in [0.5, 0.6) is 0 Å². The van der Waals surface area contributed by atoms with E-state index in [1.54, 1.807) is 0 Å². The standard InChI is InChI=1S/C12H18ClN5O2/c1-2-20-8-7-16-11(19)9-10(18-12(13)17-9)15-6-4-3-5-14/h15H,2-4,6-8H2,1H3,(H,16,19)(H,17,18). The molecule has 7 nitrogen and oxygen atoms in total. The Labute approximate surface area is 122 Å². The first-order valence-electron chi connectivity index (χ1n) is 6.41. The Bertz CT molecular complexity index is 469. The van der Waals surface area contributed by atoms with Crippen LogP contribution in [0.15, 0.2) is 0 Å². The fourth-order valence-electron chi connectivity index (χ4n) is 1.48. The molecular weight excluding hydrogens is 282 g/mol. The molecule has 1 aromatic rings. The summed E-state index contributed by atoms with van der Waals surface area (Å²) in [4.78, 5) is 18.6. The third kappa shape index (κ3) is 5.47. The van der Waals surface area contributed by atoms with Gasteiger partial charge in [0.25, 0.3) is 5.91 Å². The first-order valence-corrected chi connectivity index (χ1v) is 6.79. The van der Waals surface area contributed by atoms with E-state index in [1.165, 1.54) is 0 Å². The fraction of sp³-hybridized carbons (Fsp3) is 0.583. The number of unbranched alkanes of at least 4 members (excludes halogenated alkanes) is 1. The minimum Gasteiger partial charge on any atom is -0.380 e. The lowest BCUT2D eigenvalue weighted by Crippen LogP contribution is -2.28. The number of amides is 1. The van der Waals surface area contributed by atoms with Crippen LogP contribution in [0.25, 0.3) is 0 Å². The van der Waals surface area contributed by atoms with Crippen molar-refractivity contribution >= 4 is 23.3 Å². The van der Waals surface area contributed by atoms with Gasteiger partial charge in [-0.2, -0.15) is 5.26 Å². The molecule has 0 aliphatic heterocycles. The highest BCUT2D eigenvalue weighted by Gasteiger charge is 2.16.